The van der Waals surface area contributed by atoms with E-state index in [1.54, 1.807) is 6.92 Å². The Bertz CT molecular complexity index is 523. The van der Waals surface area contributed by atoms with Gasteiger partial charge in [-0.25, -0.2) is 4.79 Å². The predicted molar refractivity (Wildman–Crippen MR) is 79.3 cm³/mol. The molecule has 1 fully saturated rings. The first kappa shape index (κ1) is 14.6. The van der Waals surface area contributed by atoms with E-state index < -0.39 is 5.97 Å². The zero-order valence-electron chi connectivity index (χ0n) is 11.6. The van der Waals surface area contributed by atoms with E-state index in [-0.39, 0.29) is 23.1 Å². The largest absolute Gasteiger partial charge is 0.462 e. The lowest BCUT2D eigenvalue weighted by Gasteiger charge is -2.06. The maximum absolute atomic E-state index is 11.9. The van der Waals surface area contributed by atoms with Crippen molar-refractivity contribution >= 4 is 33.9 Å². The SMILES string of the molecule is CCOC(=O)c1sc(NCC2CC2)c(C(=O)NC)c1N. The Hall–Kier alpha value is -1.76. The number of anilines is 2. The number of nitrogen functional groups attached to an aromatic ring is 1. The number of carbonyl (C=O) groups excluding carboxylic acids is 2. The molecule has 20 heavy (non-hydrogen) atoms. The number of rotatable bonds is 6. The van der Waals surface area contributed by atoms with Crippen molar-refractivity contribution in [2.45, 2.75) is 19.8 Å². The summed E-state index contributed by atoms with van der Waals surface area (Å²) in [6.07, 6.45) is 2.40. The van der Waals surface area contributed by atoms with Gasteiger partial charge in [0.2, 0.25) is 0 Å². The van der Waals surface area contributed by atoms with E-state index in [9.17, 15) is 9.59 Å². The molecule has 1 aromatic rings. The standard InChI is InChI=1S/C13H19N3O3S/c1-3-19-13(18)10-9(14)8(11(17)15-2)12(20-10)16-6-7-4-5-7/h7,16H,3-6,14H2,1-2H3,(H,15,17). The molecule has 0 spiro atoms. The molecule has 1 aliphatic carbocycles. The molecular formula is C13H19N3O3S. The minimum Gasteiger partial charge on any atom is -0.462 e. The highest BCUT2D eigenvalue weighted by molar-refractivity contribution is 7.19. The highest BCUT2D eigenvalue weighted by Gasteiger charge is 2.27. The van der Waals surface area contributed by atoms with Gasteiger partial charge >= 0.3 is 5.97 Å². The van der Waals surface area contributed by atoms with Gasteiger partial charge in [-0.2, -0.15) is 0 Å². The molecule has 0 unspecified atom stereocenters. The van der Waals surface area contributed by atoms with Crippen molar-refractivity contribution < 1.29 is 14.3 Å². The number of nitrogens with two attached hydrogens (primary N) is 1. The van der Waals surface area contributed by atoms with Crippen LogP contribution in [0.5, 0.6) is 0 Å². The van der Waals surface area contributed by atoms with Crippen LogP contribution in [0.2, 0.25) is 0 Å². The molecular weight excluding hydrogens is 278 g/mol. The van der Waals surface area contributed by atoms with E-state index in [4.69, 9.17) is 10.5 Å². The number of thiophene rings is 1. The second kappa shape index (κ2) is 6.13. The molecule has 0 aliphatic heterocycles. The van der Waals surface area contributed by atoms with Gasteiger partial charge in [-0.15, -0.1) is 11.3 Å². The van der Waals surface area contributed by atoms with Crippen molar-refractivity contribution in [2.75, 3.05) is 31.2 Å². The third kappa shape index (κ3) is 3.04. The summed E-state index contributed by atoms with van der Waals surface area (Å²) >= 11 is 1.18. The molecule has 0 bridgehead atoms. The summed E-state index contributed by atoms with van der Waals surface area (Å²) in [7, 11) is 1.54. The third-order valence-electron chi connectivity index (χ3n) is 3.11. The molecule has 1 amide bonds. The molecule has 2 rings (SSSR count). The lowest BCUT2D eigenvalue weighted by Crippen LogP contribution is -2.20. The highest BCUT2D eigenvalue weighted by atomic mass is 32.1. The summed E-state index contributed by atoms with van der Waals surface area (Å²) < 4.78 is 4.96. The molecule has 1 saturated carbocycles. The van der Waals surface area contributed by atoms with Gasteiger partial charge in [-0.1, -0.05) is 0 Å². The minimum absolute atomic E-state index is 0.186. The molecule has 0 aromatic carbocycles. The fraction of sp³-hybridized carbons (Fsp3) is 0.538. The molecule has 0 atom stereocenters. The Morgan fingerprint density at radius 1 is 1.45 bits per heavy atom. The molecule has 0 radical (unpaired) electrons. The van der Waals surface area contributed by atoms with Crippen LogP contribution in [0, 0.1) is 5.92 Å². The van der Waals surface area contributed by atoms with E-state index in [0.29, 0.717) is 16.5 Å². The zero-order valence-corrected chi connectivity index (χ0v) is 12.4. The predicted octanol–water partition coefficient (Wildman–Crippen LogP) is 1.69. The van der Waals surface area contributed by atoms with Crippen molar-refractivity contribution in [3.8, 4) is 0 Å². The number of esters is 1. The normalized spacial score (nSPS) is 13.9. The van der Waals surface area contributed by atoms with Crippen molar-refractivity contribution in [2.24, 2.45) is 5.92 Å². The maximum atomic E-state index is 11.9. The summed E-state index contributed by atoms with van der Waals surface area (Å²) in [6.45, 7) is 2.80. The Balaban J connectivity index is 2.28. The smallest absolute Gasteiger partial charge is 0.350 e. The van der Waals surface area contributed by atoms with Crippen LogP contribution in [0.1, 0.15) is 39.8 Å². The molecule has 1 heterocycles. The summed E-state index contributed by atoms with van der Waals surface area (Å²) in [6, 6.07) is 0. The van der Waals surface area contributed by atoms with Crippen molar-refractivity contribution in [3.05, 3.63) is 10.4 Å². The zero-order chi connectivity index (χ0) is 14.7. The number of nitrogens with one attached hydrogen (secondary N) is 2. The Kier molecular flexibility index (Phi) is 4.49. The summed E-state index contributed by atoms with van der Waals surface area (Å²) in [5.74, 6) is -0.130. The summed E-state index contributed by atoms with van der Waals surface area (Å²) in [5.41, 5.74) is 6.46. The van der Waals surface area contributed by atoms with Gasteiger partial charge in [0.25, 0.3) is 5.91 Å². The van der Waals surface area contributed by atoms with Gasteiger partial charge in [0.1, 0.15) is 9.88 Å². The topological polar surface area (TPSA) is 93.4 Å². The number of amides is 1. The van der Waals surface area contributed by atoms with Crippen LogP contribution in [0.15, 0.2) is 0 Å². The van der Waals surface area contributed by atoms with Gasteiger partial charge in [-0.3, -0.25) is 4.79 Å². The lowest BCUT2D eigenvalue weighted by atomic mass is 10.2. The highest BCUT2D eigenvalue weighted by Crippen LogP contribution is 2.37. The quantitative estimate of drug-likeness (QED) is 0.695. The Morgan fingerprint density at radius 2 is 2.15 bits per heavy atom. The van der Waals surface area contributed by atoms with E-state index in [1.165, 1.54) is 31.2 Å². The number of hydrogen-bond acceptors (Lipinski definition) is 6. The van der Waals surface area contributed by atoms with Gasteiger partial charge in [0.15, 0.2) is 0 Å². The van der Waals surface area contributed by atoms with Crippen molar-refractivity contribution in [1.82, 2.24) is 5.32 Å². The van der Waals surface area contributed by atoms with E-state index in [1.807, 2.05) is 0 Å². The fourth-order valence-electron chi connectivity index (χ4n) is 1.83. The van der Waals surface area contributed by atoms with E-state index in [0.717, 1.165) is 6.54 Å². The second-order valence-electron chi connectivity index (χ2n) is 4.67. The lowest BCUT2D eigenvalue weighted by molar-refractivity contribution is 0.0533. The average Bonchev–Trinajstić information content (AvgIpc) is 3.19. The van der Waals surface area contributed by atoms with Gasteiger partial charge < -0.3 is 21.1 Å². The monoisotopic (exact) mass is 297 g/mol. The first-order valence-electron chi connectivity index (χ1n) is 6.63. The van der Waals surface area contributed by atoms with Gasteiger partial charge in [0, 0.05) is 13.6 Å². The van der Waals surface area contributed by atoms with E-state index in [2.05, 4.69) is 10.6 Å². The summed E-state index contributed by atoms with van der Waals surface area (Å²) in [4.78, 5) is 24.1. The molecule has 4 N–H and O–H groups in total. The fourth-order valence-corrected chi connectivity index (χ4v) is 2.84. The maximum Gasteiger partial charge on any atom is 0.350 e. The van der Waals surface area contributed by atoms with Crippen LogP contribution >= 0.6 is 11.3 Å². The van der Waals surface area contributed by atoms with Gasteiger partial charge in [0.05, 0.1) is 17.9 Å². The second-order valence-corrected chi connectivity index (χ2v) is 5.69. The number of carbonyl (C=O) groups is 2. The van der Waals surface area contributed by atoms with Gasteiger partial charge in [-0.05, 0) is 25.7 Å². The Morgan fingerprint density at radius 3 is 2.70 bits per heavy atom. The summed E-state index contributed by atoms with van der Waals surface area (Å²) in [5, 5.41) is 6.40. The number of ether oxygens (including phenoxy) is 1. The first-order valence-corrected chi connectivity index (χ1v) is 7.45. The van der Waals surface area contributed by atoms with Crippen LogP contribution in [-0.4, -0.2) is 32.1 Å². The molecule has 0 saturated heterocycles. The van der Waals surface area contributed by atoms with Crippen molar-refractivity contribution in [1.29, 1.82) is 0 Å². The molecule has 1 aromatic heterocycles. The molecule has 7 heteroatoms. The molecule has 1 aliphatic rings. The van der Waals surface area contributed by atoms with E-state index >= 15 is 0 Å². The molecule has 6 nitrogen and oxygen atoms in total. The van der Waals surface area contributed by atoms with Crippen molar-refractivity contribution in [3.63, 3.8) is 0 Å². The van der Waals surface area contributed by atoms with Crippen LogP contribution in [0.4, 0.5) is 10.7 Å². The average molecular weight is 297 g/mol. The first-order chi connectivity index (χ1) is 9.58. The Labute approximate surface area is 121 Å². The van der Waals surface area contributed by atoms with Crippen LogP contribution in [0.3, 0.4) is 0 Å². The minimum atomic E-state index is -0.486. The number of hydrogen-bond donors (Lipinski definition) is 3. The van der Waals surface area contributed by atoms with Crippen LogP contribution in [-0.2, 0) is 4.74 Å². The van der Waals surface area contributed by atoms with Crippen LogP contribution in [0.25, 0.3) is 0 Å². The van der Waals surface area contributed by atoms with Crippen LogP contribution < -0.4 is 16.4 Å². The third-order valence-corrected chi connectivity index (χ3v) is 4.25. The molecule has 110 valence electrons.